The van der Waals surface area contributed by atoms with Crippen LogP contribution in [0.4, 0.5) is 0 Å². The fourth-order valence-corrected chi connectivity index (χ4v) is 3.17. The highest BCUT2D eigenvalue weighted by atomic mass is 32.1. The molecule has 16 heavy (non-hydrogen) atoms. The molecule has 1 N–H and O–H groups in total. The summed E-state index contributed by atoms with van der Waals surface area (Å²) in [6.45, 7) is 7.77. The molecule has 2 nitrogen and oxygen atoms in total. The average Bonchev–Trinajstić information content (AvgIpc) is 2.66. The smallest absolute Gasteiger partial charge is 0.107 e. The van der Waals surface area contributed by atoms with Crippen molar-refractivity contribution in [2.24, 2.45) is 11.8 Å². The Labute approximate surface area is 102 Å². The minimum Gasteiger partial charge on any atom is -0.308 e. The van der Waals surface area contributed by atoms with Gasteiger partial charge in [0.15, 0.2) is 0 Å². The second kappa shape index (κ2) is 5.28. The van der Waals surface area contributed by atoms with Crippen molar-refractivity contribution in [2.45, 2.75) is 52.6 Å². The Bertz CT molecular complexity index is 334. The molecule has 0 amide bonds. The standard InChI is InChI=1S/C13H22N2S/c1-9-4-5-12(6-10(9)2)14-7-13-15-11(3)8-16-13/h8-10,12,14H,4-7H2,1-3H3. The molecule has 0 saturated heterocycles. The molecule has 0 aliphatic heterocycles. The molecular weight excluding hydrogens is 216 g/mol. The van der Waals surface area contributed by atoms with Crippen LogP contribution in [0, 0.1) is 18.8 Å². The molecule has 90 valence electrons. The molecule has 2 rings (SSSR count). The molecule has 1 aliphatic carbocycles. The number of nitrogens with zero attached hydrogens (tertiary/aromatic N) is 1. The lowest BCUT2D eigenvalue weighted by Crippen LogP contribution is -2.35. The van der Waals surface area contributed by atoms with E-state index >= 15 is 0 Å². The van der Waals surface area contributed by atoms with E-state index in [1.165, 1.54) is 24.3 Å². The normalized spacial score (nSPS) is 30.6. The second-order valence-corrected chi connectivity index (χ2v) is 6.17. The average molecular weight is 238 g/mol. The van der Waals surface area contributed by atoms with Gasteiger partial charge in [-0.1, -0.05) is 13.8 Å². The Balaban J connectivity index is 1.78. The predicted molar refractivity (Wildman–Crippen MR) is 69.7 cm³/mol. The third-order valence-electron chi connectivity index (χ3n) is 3.81. The van der Waals surface area contributed by atoms with Crippen molar-refractivity contribution in [3.8, 4) is 0 Å². The lowest BCUT2D eigenvalue weighted by molar-refractivity contribution is 0.225. The van der Waals surface area contributed by atoms with E-state index in [9.17, 15) is 0 Å². The summed E-state index contributed by atoms with van der Waals surface area (Å²) in [6, 6.07) is 0.704. The van der Waals surface area contributed by atoms with E-state index in [0.717, 1.165) is 24.1 Å². The van der Waals surface area contributed by atoms with E-state index in [-0.39, 0.29) is 0 Å². The number of hydrogen-bond acceptors (Lipinski definition) is 3. The predicted octanol–water partition coefficient (Wildman–Crippen LogP) is 3.37. The summed E-state index contributed by atoms with van der Waals surface area (Å²) in [6.07, 6.45) is 4.02. The lowest BCUT2D eigenvalue weighted by atomic mass is 9.79. The van der Waals surface area contributed by atoms with Gasteiger partial charge in [0.1, 0.15) is 5.01 Å². The number of rotatable bonds is 3. The van der Waals surface area contributed by atoms with Crippen LogP contribution in [0.25, 0.3) is 0 Å². The van der Waals surface area contributed by atoms with Crippen LogP contribution < -0.4 is 5.32 Å². The van der Waals surface area contributed by atoms with Gasteiger partial charge in [0.25, 0.3) is 0 Å². The van der Waals surface area contributed by atoms with Crippen molar-refractivity contribution in [2.75, 3.05) is 0 Å². The van der Waals surface area contributed by atoms with E-state index in [0.29, 0.717) is 6.04 Å². The molecule has 3 atom stereocenters. The Morgan fingerprint density at radius 2 is 2.19 bits per heavy atom. The maximum atomic E-state index is 4.49. The maximum Gasteiger partial charge on any atom is 0.107 e. The van der Waals surface area contributed by atoms with E-state index in [4.69, 9.17) is 0 Å². The van der Waals surface area contributed by atoms with Gasteiger partial charge < -0.3 is 5.32 Å². The molecule has 0 spiro atoms. The zero-order valence-electron chi connectivity index (χ0n) is 10.5. The summed E-state index contributed by atoms with van der Waals surface area (Å²) in [5.41, 5.74) is 1.15. The van der Waals surface area contributed by atoms with Gasteiger partial charge in [0.2, 0.25) is 0 Å². The summed E-state index contributed by atoms with van der Waals surface area (Å²) in [5, 5.41) is 7.00. The molecule has 1 saturated carbocycles. The van der Waals surface area contributed by atoms with E-state index in [1.807, 2.05) is 0 Å². The molecule has 1 heterocycles. The maximum absolute atomic E-state index is 4.49. The van der Waals surface area contributed by atoms with Crippen molar-refractivity contribution >= 4 is 11.3 Å². The van der Waals surface area contributed by atoms with Crippen LogP contribution in [0.3, 0.4) is 0 Å². The highest BCUT2D eigenvalue weighted by Gasteiger charge is 2.24. The quantitative estimate of drug-likeness (QED) is 0.873. The Morgan fingerprint density at radius 1 is 1.38 bits per heavy atom. The summed E-state index contributed by atoms with van der Waals surface area (Å²) in [4.78, 5) is 4.49. The van der Waals surface area contributed by atoms with Crippen LogP contribution in [0.15, 0.2) is 5.38 Å². The fourth-order valence-electron chi connectivity index (χ4n) is 2.45. The van der Waals surface area contributed by atoms with Gasteiger partial charge in [-0.25, -0.2) is 4.98 Å². The van der Waals surface area contributed by atoms with Gasteiger partial charge >= 0.3 is 0 Å². The molecule has 0 aromatic carbocycles. The third kappa shape index (κ3) is 3.05. The Hall–Kier alpha value is -0.410. The van der Waals surface area contributed by atoms with Crippen LogP contribution in [0.2, 0.25) is 0 Å². The van der Waals surface area contributed by atoms with Gasteiger partial charge in [-0.15, -0.1) is 11.3 Å². The summed E-state index contributed by atoms with van der Waals surface area (Å²) >= 11 is 1.77. The number of aromatic nitrogens is 1. The highest BCUT2D eigenvalue weighted by molar-refractivity contribution is 7.09. The largest absolute Gasteiger partial charge is 0.308 e. The number of thiazole rings is 1. The topological polar surface area (TPSA) is 24.9 Å². The van der Waals surface area contributed by atoms with Gasteiger partial charge in [-0.05, 0) is 38.0 Å². The van der Waals surface area contributed by atoms with E-state index < -0.39 is 0 Å². The summed E-state index contributed by atoms with van der Waals surface area (Å²) in [5.74, 6) is 1.77. The molecule has 1 aromatic heterocycles. The molecule has 1 aromatic rings. The first kappa shape index (κ1) is 12.1. The van der Waals surface area contributed by atoms with Crippen LogP contribution in [0.1, 0.15) is 43.8 Å². The van der Waals surface area contributed by atoms with Crippen molar-refractivity contribution in [1.82, 2.24) is 10.3 Å². The number of aryl methyl sites for hydroxylation is 1. The van der Waals surface area contributed by atoms with Gasteiger partial charge in [0, 0.05) is 23.7 Å². The molecule has 0 radical (unpaired) electrons. The second-order valence-electron chi connectivity index (χ2n) is 5.23. The van der Waals surface area contributed by atoms with Crippen LogP contribution in [-0.4, -0.2) is 11.0 Å². The first-order chi connectivity index (χ1) is 7.65. The molecule has 1 aliphatic rings. The van der Waals surface area contributed by atoms with Gasteiger partial charge in [-0.2, -0.15) is 0 Å². The minimum atomic E-state index is 0.704. The summed E-state index contributed by atoms with van der Waals surface area (Å²) < 4.78 is 0. The van der Waals surface area contributed by atoms with Crippen molar-refractivity contribution < 1.29 is 0 Å². The molecular formula is C13H22N2S. The third-order valence-corrected chi connectivity index (χ3v) is 4.77. The van der Waals surface area contributed by atoms with Crippen molar-refractivity contribution in [3.63, 3.8) is 0 Å². The first-order valence-electron chi connectivity index (χ1n) is 6.29. The number of hydrogen-bond donors (Lipinski definition) is 1. The SMILES string of the molecule is Cc1csc(CNC2CCC(C)C(C)C2)n1. The number of nitrogens with one attached hydrogen (secondary N) is 1. The molecule has 1 fully saturated rings. The minimum absolute atomic E-state index is 0.704. The zero-order chi connectivity index (χ0) is 11.5. The zero-order valence-corrected chi connectivity index (χ0v) is 11.3. The first-order valence-corrected chi connectivity index (χ1v) is 7.17. The van der Waals surface area contributed by atoms with Crippen molar-refractivity contribution in [3.05, 3.63) is 16.1 Å². The monoisotopic (exact) mass is 238 g/mol. The fraction of sp³-hybridized carbons (Fsp3) is 0.769. The Morgan fingerprint density at radius 3 is 2.81 bits per heavy atom. The lowest BCUT2D eigenvalue weighted by Gasteiger charge is -2.32. The van der Waals surface area contributed by atoms with E-state index in [1.54, 1.807) is 11.3 Å². The Kier molecular flexibility index (Phi) is 3.98. The van der Waals surface area contributed by atoms with Crippen molar-refractivity contribution in [1.29, 1.82) is 0 Å². The van der Waals surface area contributed by atoms with E-state index in [2.05, 4.69) is 36.5 Å². The van der Waals surface area contributed by atoms with Gasteiger partial charge in [-0.3, -0.25) is 0 Å². The molecule has 3 unspecified atom stereocenters. The molecule has 3 heteroatoms. The van der Waals surface area contributed by atoms with Crippen LogP contribution in [0.5, 0.6) is 0 Å². The summed E-state index contributed by atoms with van der Waals surface area (Å²) in [7, 11) is 0. The molecule has 0 bridgehead atoms. The van der Waals surface area contributed by atoms with Crippen LogP contribution in [-0.2, 0) is 6.54 Å². The highest BCUT2D eigenvalue weighted by Crippen LogP contribution is 2.29. The van der Waals surface area contributed by atoms with Gasteiger partial charge in [0.05, 0.1) is 0 Å². The van der Waals surface area contributed by atoms with Crippen LogP contribution >= 0.6 is 11.3 Å².